The summed E-state index contributed by atoms with van der Waals surface area (Å²) in [7, 11) is 0. The molecule has 2 N–H and O–H groups in total. The van der Waals surface area contributed by atoms with Crippen molar-refractivity contribution in [2.24, 2.45) is 0 Å². The van der Waals surface area contributed by atoms with Crippen molar-refractivity contribution in [2.75, 3.05) is 0 Å². The highest BCUT2D eigenvalue weighted by Gasteiger charge is 2.36. The number of benzene rings is 2. The zero-order valence-corrected chi connectivity index (χ0v) is 21.1. The van der Waals surface area contributed by atoms with Gasteiger partial charge in [-0.15, -0.1) is 0 Å². The second kappa shape index (κ2) is 11.5. The molecule has 8 nitrogen and oxygen atoms in total. The van der Waals surface area contributed by atoms with E-state index in [1.807, 2.05) is 17.2 Å². The summed E-state index contributed by atoms with van der Waals surface area (Å²) in [6.45, 7) is 0. The first-order valence-corrected chi connectivity index (χ1v) is 11.4. The number of H-pyrrole nitrogens is 2. The van der Waals surface area contributed by atoms with Crippen LogP contribution in [0.3, 0.4) is 0 Å². The first kappa shape index (κ1) is 29.1. The Morgan fingerprint density at radius 2 is 1.18 bits per heavy atom. The maximum Gasteiger partial charge on any atom is 0.433 e. The second-order valence-corrected chi connectivity index (χ2v) is 8.54. The van der Waals surface area contributed by atoms with Gasteiger partial charge in [0.1, 0.15) is 17.1 Å². The van der Waals surface area contributed by atoms with Crippen LogP contribution in [-0.4, -0.2) is 20.4 Å². The van der Waals surface area contributed by atoms with Gasteiger partial charge in [0, 0.05) is 17.2 Å². The molecule has 198 valence electrons. The van der Waals surface area contributed by atoms with Crippen LogP contribution in [0.2, 0.25) is 0 Å². The molecule has 0 unspecified atom stereocenters. The number of halogens is 7. The van der Waals surface area contributed by atoms with E-state index in [0.717, 1.165) is 0 Å². The van der Waals surface area contributed by atoms with Gasteiger partial charge in [-0.25, -0.2) is 0 Å². The summed E-state index contributed by atoms with van der Waals surface area (Å²) in [6.07, 6.45) is -9.30. The molecule has 0 saturated heterocycles. The summed E-state index contributed by atoms with van der Waals surface area (Å²) < 4.78 is 74.4. The van der Waals surface area contributed by atoms with Gasteiger partial charge >= 0.3 is 12.4 Å². The Morgan fingerprint density at radius 1 is 0.718 bits per heavy atom. The summed E-state index contributed by atoms with van der Waals surface area (Å²) >= 11 is 1.34. The minimum absolute atomic E-state index is 0.119. The molecule has 0 bridgehead atoms. The maximum atomic E-state index is 12.6. The predicted octanol–water partition coefficient (Wildman–Crippen LogP) is 5.26. The maximum absolute atomic E-state index is 12.6. The van der Waals surface area contributed by atoms with Crippen molar-refractivity contribution in [2.45, 2.75) is 12.4 Å². The van der Waals surface area contributed by atoms with E-state index in [1.165, 1.54) is 71.1 Å². The monoisotopic (exact) mass is 656 g/mol. The highest BCUT2D eigenvalue weighted by Crippen LogP contribution is 2.30. The quantitative estimate of drug-likeness (QED) is 0.223. The van der Waals surface area contributed by atoms with E-state index in [9.17, 15) is 35.9 Å². The molecule has 15 heteroatoms. The fourth-order valence-corrected chi connectivity index (χ4v) is 3.65. The SMILES string of the molecule is N#Cc1ccc(-c2n[nH]c(C(F)(F)F)c(I)c2=O)cc1.N#Cc1ccc(-c2n[nH]c(C(F)(F)F)cc2=O)cc1. The molecule has 0 saturated carbocycles. The topological polar surface area (TPSA) is 139 Å². The summed E-state index contributed by atoms with van der Waals surface area (Å²) in [4.78, 5) is 23.5. The lowest BCUT2D eigenvalue weighted by molar-refractivity contribution is -0.143. The normalized spacial score (nSPS) is 11.1. The van der Waals surface area contributed by atoms with Crippen LogP contribution in [0.4, 0.5) is 26.3 Å². The number of nitrogens with zero attached hydrogens (tertiary/aromatic N) is 4. The Kier molecular flexibility index (Phi) is 8.55. The first-order chi connectivity index (χ1) is 18.3. The molecule has 0 atom stereocenters. The van der Waals surface area contributed by atoms with Crippen LogP contribution in [0.25, 0.3) is 22.5 Å². The Bertz CT molecular complexity index is 1700. The summed E-state index contributed by atoms with van der Waals surface area (Å²) in [5, 5.41) is 27.9. The summed E-state index contributed by atoms with van der Waals surface area (Å²) in [5.74, 6) is 0. The first-order valence-electron chi connectivity index (χ1n) is 10.3. The number of rotatable bonds is 2. The molecule has 0 spiro atoms. The summed E-state index contributed by atoms with van der Waals surface area (Å²) in [6, 6.07) is 15.9. The second-order valence-electron chi connectivity index (χ2n) is 7.46. The lowest BCUT2D eigenvalue weighted by atomic mass is 10.1. The molecule has 0 aliphatic rings. The van der Waals surface area contributed by atoms with Gasteiger partial charge < -0.3 is 0 Å². The van der Waals surface area contributed by atoms with E-state index in [1.54, 1.807) is 5.10 Å². The molecule has 4 aromatic rings. The molecule has 0 radical (unpaired) electrons. The van der Waals surface area contributed by atoms with Gasteiger partial charge in [0.2, 0.25) is 10.9 Å². The Labute approximate surface area is 227 Å². The molecular weight excluding hydrogens is 645 g/mol. The minimum atomic E-state index is -4.66. The minimum Gasteiger partial charge on any atom is -0.287 e. The van der Waals surface area contributed by atoms with Crippen molar-refractivity contribution in [3.8, 4) is 34.7 Å². The van der Waals surface area contributed by atoms with Crippen LogP contribution >= 0.6 is 22.6 Å². The van der Waals surface area contributed by atoms with Crippen molar-refractivity contribution >= 4 is 22.6 Å². The standard InChI is InChI=1S/C12H5F3IN3O.C12H6F3N3O/c13-12(14,15)11-8(16)10(20)9(18-19-11)7-3-1-6(5-17)2-4-7;13-12(14,15)10-5-9(19)11(18-17-10)8-3-1-7(6-16)2-4-8/h1-4H,(H,19,20);1-5H,(H,17,19). The molecule has 0 aliphatic heterocycles. The molecule has 2 aromatic heterocycles. The number of aromatic nitrogens is 4. The van der Waals surface area contributed by atoms with Crippen LogP contribution in [0, 0.1) is 26.2 Å². The zero-order chi connectivity index (χ0) is 29.0. The van der Waals surface area contributed by atoms with Crippen LogP contribution in [-0.2, 0) is 12.4 Å². The third-order valence-corrected chi connectivity index (χ3v) is 5.90. The zero-order valence-electron chi connectivity index (χ0n) is 18.9. The van der Waals surface area contributed by atoms with E-state index < -0.39 is 38.2 Å². The van der Waals surface area contributed by atoms with Crippen LogP contribution in [0.15, 0.2) is 64.2 Å². The number of alkyl halides is 6. The lowest BCUT2D eigenvalue weighted by Gasteiger charge is -2.09. The third-order valence-electron chi connectivity index (χ3n) is 4.87. The van der Waals surface area contributed by atoms with Gasteiger partial charge in [0.15, 0.2) is 5.69 Å². The molecule has 0 fully saturated rings. The molecule has 4 rings (SSSR count). The number of aromatic amines is 2. The van der Waals surface area contributed by atoms with Gasteiger partial charge in [-0.05, 0) is 46.9 Å². The van der Waals surface area contributed by atoms with E-state index in [4.69, 9.17) is 10.5 Å². The number of nitriles is 2. The Hall–Kier alpha value is -4.51. The number of hydrogen-bond acceptors (Lipinski definition) is 6. The fraction of sp³-hybridized carbons (Fsp3) is 0.0833. The summed E-state index contributed by atoms with van der Waals surface area (Å²) in [5.41, 5.74) is -2.80. The van der Waals surface area contributed by atoms with Gasteiger partial charge in [0.05, 0.1) is 26.8 Å². The molecular formula is C24H11F6IN6O2. The van der Waals surface area contributed by atoms with Gasteiger partial charge in [-0.1, -0.05) is 24.3 Å². The van der Waals surface area contributed by atoms with Gasteiger partial charge in [-0.2, -0.15) is 47.1 Å². The van der Waals surface area contributed by atoms with E-state index >= 15 is 0 Å². The Morgan fingerprint density at radius 3 is 1.59 bits per heavy atom. The molecule has 2 aromatic carbocycles. The van der Waals surface area contributed by atoms with Crippen LogP contribution in [0.1, 0.15) is 22.5 Å². The molecule has 39 heavy (non-hydrogen) atoms. The lowest BCUT2D eigenvalue weighted by Crippen LogP contribution is -2.21. The van der Waals surface area contributed by atoms with Crippen molar-refractivity contribution in [3.05, 3.63) is 101 Å². The Balaban J connectivity index is 0.000000216. The van der Waals surface area contributed by atoms with E-state index in [-0.39, 0.29) is 11.4 Å². The van der Waals surface area contributed by atoms with Crippen molar-refractivity contribution in [1.29, 1.82) is 10.5 Å². The van der Waals surface area contributed by atoms with Crippen LogP contribution in [0.5, 0.6) is 0 Å². The average Bonchev–Trinajstić information content (AvgIpc) is 2.89. The highest BCUT2D eigenvalue weighted by atomic mass is 127. The number of hydrogen-bond donors (Lipinski definition) is 2. The predicted molar refractivity (Wildman–Crippen MR) is 133 cm³/mol. The average molecular weight is 656 g/mol. The molecule has 2 heterocycles. The third kappa shape index (κ3) is 6.88. The van der Waals surface area contributed by atoms with Gasteiger partial charge in [0.25, 0.3) is 0 Å². The number of nitrogens with one attached hydrogen (secondary N) is 2. The largest absolute Gasteiger partial charge is 0.433 e. The molecule has 0 aliphatic carbocycles. The fourth-order valence-electron chi connectivity index (χ4n) is 2.97. The van der Waals surface area contributed by atoms with Crippen molar-refractivity contribution in [3.63, 3.8) is 0 Å². The van der Waals surface area contributed by atoms with Gasteiger partial charge in [-0.3, -0.25) is 19.8 Å². The van der Waals surface area contributed by atoms with Crippen molar-refractivity contribution in [1.82, 2.24) is 20.4 Å². The van der Waals surface area contributed by atoms with E-state index in [0.29, 0.717) is 28.3 Å². The van der Waals surface area contributed by atoms with Crippen molar-refractivity contribution < 1.29 is 26.3 Å². The molecule has 0 amide bonds. The van der Waals surface area contributed by atoms with Crippen LogP contribution < -0.4 is 10.9 Å². The highest BCUT2D eigenvalue weighted by molar-refractivity contribution is 14.1. The smallest absolute Gasteiger partial charge is 0.287 e. The van der Waals surface area contributed by atoms with E-state index in [2.05, 4.69) is 10.2 Å².